The summed E-state index contributed by atoms with van der Waals surface area (Å²) >= 11 is 0. The van der Waals surface area contributed by atoms with Gasteiger partial charge in [0.15, 0.2) is 11.6 Å². The van der Waals surface area contributed by atoms with Gasteiger partial charge in [0.1, 0.15) is 17.2 Å². The first kappa shape index (κ1) is 17.5. The van der Waals surface area contributed by atoms with Crippen LogP contribution in [0.3, 0.4) is 0 Å². The lowest BCUT2D eigenvalue weighted by Crippen LogP contribution is -2.22. The maximum absolute atomic E-state index is 12.4. The Kier molecular flexibility index (Phi) is 4.88. The van der Waals surface area contributed by atoms with Crippen LogP contribution in [0.25, 0.3) is 11.5 Å². The third-order valence-corrected chi connectivity index (χ3v) is 4.05. The number of amides is 1. The van der Waals surface area contributed by atoms with Crippen molar-refractivity contribution in [2.75, 3.05) is 5.32 Å². The number of nitrogens with zero attached hydrogens (tertiary/aromatic N) is 2. The number of furan rings is 2. The van der Waals surface area contributed by atoms with Gasteiger partial charge >= 0.3 is 0 Å². The predicted molar refractivity (Wildman–Crippen MR) is 104 cm³/mol. The van der Waals surface area contributed by atoms with Crippen molar-refractivity contribution in [1.29, 1.82) is 0 Å². The van der Waals surface area contributed by atoms with Crippen LogP contribution >= 0.6 is 0 Å². The molecule has 3 aromatic heterocycles. The van der Waals surface area contributed by atoms with Crippen LogP contribution in [0.2, 0.25) is 0 Å². The molecule has 7 heteroatoms. The van der Waals surface area contributed by atoms with Crippen molar-refractivity contribution >= 4 is 17.4 Å². The molecule has 0 saturated heterocycles. The molecule has 0 spiro atoms. The summed E-state index contributed by atoms with van der Waals surface area (Å²) in [6.07, 6.45) is 1.59. The minimum absolute atomic E-state index is 0.183. The van der Waals surface area contributed by atoms with Crippen molar-refractivity contribution in [2.24, 2.45) is 0 Å². The number of anilines is 2. The number of hydrogen-bond acceptors (Lipinski definition) is 6. The summed E-state index contributed by atoms with van der Waals surface area (Å²) in [5.74, 6) is 2.57. The predicted octanol–water partition coefficient (Wildman–Crippen LogP) is 4.31. The van der Waals surface area contributed by atoms with Gasteiger partial charge in [-0.25, -0.2) is 0 Å². The average molecular weight is 374 g/mol. The van der Waals surface area contributed by atoms with E-state index in [1.54, 1.807) is 36.6 Å². The molecule has 0 aliphatic heterocycles. The number of hydrogen-bond donors (Lipinski definition) is 2. The number of nitrogens with one attached hydrogen (secondary N) is 2. The molecule has 3 heterocycles. The smallest absolute Gasteiger partial charge is 0.251 e. The highest BCUT2D eigenvalue weighted by Crippen LogP contribution is 2.20. The molecule has 0 atom stereocenters. The molecule has 7 nitrogen and oxygen atoms in total. The maximum Gasteiger partial charge on any atom is 0.251 e. The van der Waals surface area contributed by atoms with Crippen LogP contribution in [0.1, 0.15) is 21.9 Å². The van der Waals surface area contributed by atoms with Gasteiger partial charge in [0.2, 0.25) is 0 Å². The van der Waals surface area contributed by atoms with Gasteiger partial charge in [-0.05, 0) is 61.5 Å². The summed E-state index contributed by atoms with van der Waals surface area (Å²) < 4.78 is 10.8. The SMILES string of the molecule is Cc1ccc(CNC(=O)c2cccc(Nc3ccc(-c4ccco4)nn3)c2)o1. The van der Waals surface area contributed by atoms with Crippen LogP contribution in [0, 0.1) is 6.92 Å². The number of carbonyl (C=O) groups is 1. The molecule has 140 valence electrons. The van der Waals surface area contributed by atoms with E-state index in [4.69, 9.17) is 8.83 Å². The van der Waals surface area contributed by atoms with E-state index in [2.05, 4.69) is 20.8 Å². The van der Waals surface area contributed by atoms with Crippen molar-refractivity contribution in [3.05, 3.63) is 84.0 Å². The zero-order chi connectivity index (χ0) is 19.3. The second-order valence-electron chi connectivity index (χ2n) is 6.18. The van der Waals surface area contributed by atoms with Crippen molar-refractivity contribution in [1.82, 2.24) is 15.5 Å². The fourth-order valence-corrected chi connectivity index (χ4v) is 2.69. The molecule has 28 heavy (non-hydrogen) atoms. The molecule has 1 aromatic carbocycles. The summed E-state index contributed by atoms with van der Waals surface area (Å²) in [6, 6.07) is 18.1. The zero-order valence-electron chi connectivity index (χ0n) is 15.2. The van der Waals surface area contributed by atoms with Crippen molar-refractivity contribution < 1.29 is 13.6 Å². The fraction of sp³-hybridized carbons (Fsp3) is 0.0952. The van der Waals surface area contributed by atoms with E-state index in [0.29, 0.717) is 35.1 Å². The van der Waals surface area contributed by atoms with E-state index in [1.165, 1.54) is 0 Å². The maximum atomic E-state index is 12.4. The van der Waals surface area contributed by atoms with Gasteiger partial charge in [0.25, 0.3) is 5.91 Å². The van der Waals surface area contributed by atoms with Gasteiger partial charge in [-0.15, -0.1) is 10.2 Å². The highest BCUT2D eigenvalue weighted by Gasteiger charge is 2.09. The Bertz CT molecular complexity index is 1070. The van der Waals surface area contributed by atoms with Crippen molar-refractivity contribution in [3.63, 3.8) is 0 Å². The first-order valence-corrected chi connectivity index (χ1v) is 8.75. The number of aryl methyl sites for hydroxylation is 1. The number of carbonyl (C=O) groups excluding carboxylic acids is 1. The first-order valence-electron chi connectivity index (χ1n) is 8.75. The molecule has 4 rings (SSSR count). The van der Waals surface area contributed by atoms with Crippen LogP contribution in [0.15, 0.2) is 75.8 Å². The first-order chi connectivity index (χ1) is 13.7. The van der Waals surface area contributed by atoms with E-state index in [0.717, 1.165) is 11.4 Å². The van der Waals surface area contributed by atoms with E-state index >= 15 is 0 Å². The summed E-state index contributed by atoms with van der Waals surface area (Å²) in [6.45, 7) is 2.20. The molecule has 0 aliphatic rings. The Morgan fingerprint density at radius 2 is 1.96 bits per heavy atom. The number of aromatic nitrogens is 2. The molecule has 1 amide bonds. The second-order valence-corrected chi connectivity index (χ2v) is 6.18. The van der Waals surface area contributed by atoms with Crippen LogP contribution in [0.4, 0.5) is 11.5 Å². The third-order valence-electron chi connectivity index (χ3n) is 4.05. The summed E-state index contributed by atoms with van der Waals surface area (Å²) in [7, 11) is 0. The van der Waals surface area contributed by atoms with Crippen LogP contribution in [0.5, 0.6) is 0 Å². The van der Waals surface area contributed by atoms with Gasteiger partial charge in [-0.1, -0.05) is 6.07 Å². The summed E-state index contributed by atoms with van der Waals surface area (Å²) in [5.41, 5.74) is 1.92. The van der Waals surface area contributed by atoms with Gasteiger partial charge in [0, 0.05) is 11.3 Å². The molecule has 4 aromatic rings. The molecule has 0 bridgehead atoms. The lowest BCUT2D eigenvalue weighted by Gasteiger charge is -2.08. The molecular weight excluding hydrogens is 356 g/mol. The van der Waals surface area contributed by atoms with Gasteiger partial charge < -0.3 is 19.5 Å². The lowest BCUT2D eigenvalue weighted by molar-refractivity contribution is 0.0948. The fourth-order valence-electron chi connectivity index (χ4n) is 2.69. The summed E-state index contributed by atoms with van der Waals surface area (Å²) in [4.78, 5) is 12.4. The van der Waals surface area contributed by atoms with E-state index in [1.807, 2.05) is 37.3 Å². The van der Waals surface area contributed by atoms with E-state index in [9.17, 15) is 4.79 Å². The molecule has 0 saturated carbocycles. The zero-order valence-corrected chi connectivity index (χ0v) is 15.2. The minimum atomic E-state index is -0.183. The Morgan fingerprint density at radius 3 is 2.68 bits per heavy atom. The molecule has 0 radical (unpaired) electrons. The van der Waals surface area contributed by atoms with Crippen molar-refractivity contribution in [3.8, 4) is 11.5 Å². The van der Waals surface area contributed by atoms with Crippen LogP contribution in [-0.4, -0.2) is 16.1 Å². The molecule has 2 N–H and O–H groups in total. The van der Waals surface area contributed by atoms with Crippen molar-refractivity contribution in [2.45, 2.75) is 13.5 Å². The lowest BCUT2D eigenvalue weighted by atomic mass is 10.2. The third kappa shape index (κ3) is 4.09. The largest absolute Gasteiger partial charge is 0.465 e. The number of benzene rings is 1. The molecule has 0 unspecified atom stereocenters. The quantitative estimate of drug-likeness (QED) is 0.522. The topological polar surface area (TPSA) is 93.2 Å². The van der Waals surface area contributed by atoms with E-state index < -0.39 is 0 Å². The highest BCUT2D eigenvalue weighted by molar-refractivity contribution is 5.95. The molecular formula is C21H18N4O3. The average Bonchev–Trinajstić information content (AvgIpc) is 3.39. The summed E-state index contributed by atoms with van der Waals surface area (Å²) in [5, 5.41) is 14.3. The minimum Gasteiger partial charge on any atom is -0.465 e. The van der Waals surface area contributed by atoms with Gasteiger partial charge in [0.05, 0.1) is 12.8 Å². The Balaban J connectivity index is 1.41. The van der Waals surface area contributed by atoms with Gasteiger partial charge in [-0.3, -0.25) is 4.79 Å². The molecule has 0 aliphatic carbocycles. The highest BCUT2D eigenvalue weighted by atomic mass is 16.3. The van der Waals surface area contributed by atoms with Crippen LogP contribution < -0.4 is 10.6 Å². The molecule has 0 fully saturated rings. The van der Waals surface area contributed by atoms with Gasteiger partial charge in [-0.2, -0.15) is 0 Å². The number of rotatable bonds is 6. The Hall–Kier alpha value is -3.87. The van der Waals surface area contributed by atoms with Crippen LogP contribution in [-0.2, 0) is 6.54 Å². The second kappa shape index (κ2) is 7.79. The monoisotopic (exact) mass is 374 g/mol. The Morgan fingerprint density at radius 1 is 1.04 bits per heavy atom. The normalized spacial score (nSPS) is 10.6. The standard InChI is InChI=1S/C21H18N4O3/c1-14-7-8-17(28-14)13-22-21(26)15-4-2-5-16(12-15)23-20-10-9-18(24-25-20)19-6-3-11-27-19/h2-12H,13H2,1H3,(H,22,26)(H,23,25). The Labute approximate surface area is 161 Å². The van der Waals surface area contributed by atoms with E-state index in [-0.39, 0.29) is 5.91 Å².